The van der Waals surface area contributed by atoms with Gasteiger partial charge >= 0.3 is 0 Å². The number of likely N-dealkylation sites (tertiary alicyclic amines) is 1. The molecule has 3 N–H and O–H groups in total. The number of nitrogens with zero attached hydrogens (tertiary/aromatic N) is 1. The van der Waals surface area contributed by atoms with Crippen LogP contribution in [0.1, 0.15) is 44.9 Å². The highest BCUT2D eigenvalue weighted by Gasteiger charge is 2.36. The van der Waals surface area contributed by atoms with Gasteiger partial charge in [0.05, 0.1) is 5.54 Å². The summed E-state index contributed by atoms with van der Waals surface area (Å²) in [5.74, 6) is 0.222. The van der Waals surface area contributed by atoms with Crippen LogP contribution < -0.4 is 11.1 Å². The van der Waals surface area contributed by atoms with Crippen molar-refractivity contribution in [2.75, 3.05) is 19.6 Å². The normalized spacial score (nSPS) is 21.3. The van der Waals surface area contributed by atoms with Crippen LogP contribution in [0.15, 0.2) is 0 Å². The molecule has 0 radical (unpaired) electrons. The van der Waals surface area contributed by atoms with Crippen molar-refractivity contribution in [2.45, 2.75) is 50.5 Å². The van der Waals surface area contributed by atoms with Crippen LogP contribution in [0.3, 0.4) is 0 Å². The lowest BCUT2D eigenvalue weighted by Crippen LogP contribution is -2.52. The second kappa shape index (κ2) is 7.10. The Morgan fingerprint density at radius 1 is 1.32 bits per heavy atom. The minimum atomic E-state index is -0.635. The smallest absolute Gasteiger partial charge is 0.240 e. The third kappa shape index (κ3) is 4.08. The molecule has 6 heteroatoms. The maximum Gasteiger partial charge on any atom is 0.240 e. The van der Waals surface area contributed by atoms with Crippen LogP contribution in [0.25, 0.3) is 0 Å². The van der Waals surface area contributed by atoms with Crippen LogP contribution in [0.2, 0.25) is 0 Å². The van der Waals surface area contributed by atoms with Gasteiger partial charge in [-0.15, -0.1) is 12.4 Å². The fourth-order valence-corrected chi connectivity index (χ4v) is 2.82. The minimum absolute atomic E-state index is 0. The lowest BCUT2D eigenvalue weighted by Gasteiger charge is -2.22. The molecule has 2 amide bonds. The Labute approximate surface area is 120 Å². The van der Waals surface area contributed by atoms with E-state index in [1.807, 2.05) is 4.90 Å². The molecular weight excluding hydrogens is 266 g/mol. The van der Waals surface area contributed by atoms with Gasteiger partial charge in [0.25, 0.3) is 0 Å². The molecule has 1 saturated heterocycles. The Morgan fingerprint density at radius 3 is 2.58 bits per heavy atom. The first-order valence-corrected chi connectivity index (χ1v) is 6.97. The molecule has 2 rings (SSSR count). The molecular formula is C13H24ClN3O2. The number of nitrogens with two attached hydrogens (primary N) is 1. The van der Waals surface area contributed by atoms with Crippen LogP contribution >= 0.6 is 12.4 Å². The fourth-order valence-electron chi connectivity index (χ4n) is 2.82. The van der Waals surface area contributed by atoms with Gasteiger partial charge in [0, 0.05) is 26.1 Å². The summed E-state index contributed by atoms with van der Waals surface area (Å²) in [4.78, 5) is 25.2. The van der Waals surface area contributed by atoms with Crippen LogP contribution in [0.5, 0.6) is 0 Å². The van der Waals surface area contributed by atoms with Crippen molar-refractivity contribution in [1.82, 2.24) is 10.2 Å². The number of nitrogens with one attached hydrogen (secondary N) is 1. The van der Waals surface area contributed by atoms with Crippen molar-refractivity contribution < 1.29 is 9.59 Å². The molecule has 1 aliphatic heterocycles. The monoisotopic (exact) mass is 289 g/mol. The number of rotatable bonds is 5. The molecule has 5 nitrogen and oxygen atoms in total. The Kier molecular flexibility index (Phi) is 6.07. The number of halogens is 1. The number of hydrogen-bond acceptors (Lipinski definition) is 3. The van der Waals surface area contributed by atoms with Crippen LogP contribution in [0.4, 0.5) is 0 Å². The van der Waals surface area contributed by atoms with Gasteiger partial charge in [-0.3, -0.25) is 9.59 Å². The van der Waals surface area contributed by atoms with Crippen LogP contribution in [-0.4, -0.2) is 41.9 Å². The SMILES string of the molecule is Cl.NC1(C(=O)NCCCN2CCCC2=O)CCCC1. The van der Waals surface area contributed by atoms with E-state index in [4.69, 9.17) is 5.73 Å². The van der Waals surface area contributed by atoms with Crippen LogP contribution in [0, 0.1) is 0 Å². The maximum atomic E-state index is 11.9. The molecule has 1 aliphatic carbocycles. The molecule has 1 heterocycles. The van der Waals surface area contributed by atoms with E-state index in [2.05, 4.69) is 5.32 Å². The Bertz CT molecular complexity index is 330. The van der Waals surface area contributed by atoms with E-state index in [-0.39, 0.29) is 24.2 Å². The lowest BCUT2D eigenvalue weighted by molar-refractivity contribution is -0.127. The zero-order valence-corrected chi connectivity index (χ0v) is 12.1. The van der Waals surface area contributed by atoms with E-state index in [0.29, 0.717) is 13.0 Å². The number of amides is 2. The van der Waals surface area contributed by atoms with E-state index in [9.17, 15) is 9.59 Å². The Balaban J connectivity index is 0.00000180. The molecule has 0 unspecified atom stereocenters. The van der Waals surface area contributed by atoms with Gasteiger partial charge < -0.3 is 16.0 Å². The number of carbonyl (C=O) groups is 2. The zero-order valence-electron chi connectivity index (χ0n) is 11.3. The molecule has 0 aromatic heterocycles. The summed E-state index contributed by atoms with van der Waals surface area (Å²) in [5, 5.41) is 2.90. The van der Waals surface area contributed by atoms with Crippen molar-refractivity contribution in [3.8, 4) is 0 Å². The zero-order chi connectivity index (χ0) is 13.0. The molecule has 0 bridgehead atoms. The van der Waals surface area contributed by atoms with Gasteiger partial charge in [-0.05, 0) is 25.7 Å². The number of hydrogen-bond donors (Lipinski definition) is 2. The molecule has 0 spiro atoms. The molecule has 0 aromatic carbocycles. The summed E-state index contributed by atoms with van der Waals surface area (Å²) < 4.78 is 0. The highest BCUT2D eigenvalue weighted by atomic mass is 35.5. The van der Waals surface area contributed by atoms with Gasteiger partial charge in [0.1, 0.15) is 0 Å². The van der Waals surface area contributed by atoms with Crippen LogP contribution in [-0.2, 0) is 9.59 Å². The first-order chi connectivity index (χ1) is 8.62. The van der Waals surface area contributed by atoms with Crippen molar-refractivity contribution in [3.05, 3.63) is 0 Å². The highest BCUT2D eigenvalue weighted by Crippen LogP contribution is 2.27. The van der Waals surface area contributed by atoms with E-state index >= 15 is 0 Å². The van der Waals surface area contributed by atoms with E-state index in [1.54, 1.807) is 0 Å². The van der Waals surface area contributed by atoms with Gasteiger partial charge in [-0.25, -0.2) is 0 Å². The van der Waals surface area contributed by atoms with Gasteiger partial charge in [0.2, 0.25) is 11.8 Å². The topological polar surface area (TPSA) is 75.4 Å². The second-order valence-corrected chi connectivity index (χ2v) is 5.46. The molecule has 2 aliphatic rings. The van der Waals surface area contributed by atoms with E-state index in [0.717, 1.165) is 51.6 Å². The third-order valence-corrected chi connectivity index (χ3v) is 4.01. The standard InChI is InChI=1S/C13H23N3O2.ClH/c14-13(6-1-2-7-13)12(18)15-8-4-10-16-9-3-5-11(16)17;/h1-10,14H2,(H,15,18);1H. The molecule has 0 atom stereocenters. The molecule has 110 valence electrons. The summed E-state index contributed by atoms with van der Waals surface area (Å²) in [6.45, 7) is 2.23. The Morgan fingerprint density at radius 2 is 2.00 bits per heavy atom. The van der Waals surface area contributed by atoms with Gasteiger partial charge in [-0.2, -0.15) is 0 Å². The molecule has 19 heavy (non-hydrogen) atoms. The molecule has 2 fully saturated rings. The molecule has 0 aromatic rings. The minimum Gasteiger partial charge on any atom is -0.354 e. The Hall–Kier alpha value is -0.810. The summed E-state index contributed by atoms with van der Waals surface area (Å²) in [6.07, 6.45) is 6.15. The average molecular weight is 290 g/mol. The maximum absolute atomic E-state index is 11.9. The summed E-state index contributed by atoms with van der Waals surface area (Å²) in [6, 6.07) is 0. The van der Waals surface area contributed by atoms with Crippen molar-refractivity contribution >= 4 is 24.2 Å². The largest absolute Gasteiger partial charge is 0.354 e. The predicted octanol–water partition coefficient (Wildman–Crippen LogP) is 0.808. The summed E-state index contributed by atoms with van der Waals surface area (Å²) in [7, 11) is 0. The summed E-state index contributed by atoms with van der Waals surface area (Å²) >= 11 is 0. The lowest BCUT2D eigenvalue weighted by atomic mass is 9.98. The quantitative estimate of drug-likeness (QED) is 0.736. The average Bonchev–Trinajstić information content (AvgIpc) is 2.95. The highest BCUT2D eigenvalue weighted by molar-refractivity contribution is 5.86. The summed E-state index contributed by atoms with van der Waals surface area (Å²) in [5.41, 5.74) is 5.42. The second-order valence-electron chi connectivity index (χ2n) is 5.46. The van der Waals surface area contributed by atoms with E-state index < -0.39 is 5.54 Å². The van der Waals surface area contributed by atoms with Gasteiger partial charge in [-0.1, -0.05) is 12.8 Å². The fraction of sp³-hybridized carbons (Fsp3) is 0.846. The van der Waals surface area contributed by atoms with E-state index in [1.165, 1.54) is 0 Å². The third-order valence-electron chi connectivity index (χ3n) is 4.01. The van der Waals surface area contributed by atoms with Crippen molar-refractivity contribution in [3.63, 3.8) is 0 Å². The first kappa shape index (κ1) is 16.2. The van der Waals surface area contributed by atoms with Crippen molar-refractivity contribution in [1.29, 1.82) is 0 Å². The predicted molar refractivity (Wildman–Crippen MR) is 76.1 cm³/mol. The first-order valence-electron chi connectivity index (χ1n) is 6.97. The number of carbonyl (C=O) groups excluding carboxylic acids is 2. The van der Waals surface area contributed by atoms with Gasteiger partial charge in [0.15, 0.2) is 0 Å². The van der Waals surface area contributed by atoms with Crippen molar-refractivity contribution in [2.24, 2.45) is 5.73 Å². The molecule has 1 saturated carbocycles.